The Morgan fingerprint density at radius 1 is 0.963 bits per heavy atom. The van der Waals surface area contributed by atoms with Gasteiger partial charge in [0.05, 0.1) is 7.11 Å². The Bertz CT molecular complexity index is 777. The number of halogens is 1. The van der Waals surface area contributed by atoms with Gasteiger partial charge in [-0.25, -0.2) is 4.39 Å². The highest BCUT2D eigenvalue weighted by Gasteiger charge is 2.19. The minimum absolute atomic E-state index is 0.191. The van der Waals surface area contributed by atoms with E-state index in [1.165, 1.54) is 22.3 Å². The molecule has 0 radical (unpaired) electrons. The number of aryl methyl sites for hydroxylation is 1. The molecule has 0 amide bonds. The van der Waals surface area contributed by atoms with E-state index in [-0.39, 0.29) is 12.4 Å². The number of unbranched alkanes of at least 4 members (excludes halogenated alkanes) is 3. The van der Waals surface area contributed by atoms with Crippen molar-refractivity contribution < 1.29 is 14.2 Å². The first-order valence-corrected chi connectivity index (χ1v) is 9.99. The number of aliphatic hydroxyl groups is 1. The van der Waals surface area contributed by atoms with Crippen molar-refractivity contribution in [3.05, 3.63) is 65.0 Å². The van der Waals surface area contributed by atoms with Crippen LogP contribution in [0, 0.1) is 5.82 Å². The summed E-state index contributed by atoms with van der Waals surface area (Å²) in [4.78, 5) is 0. The third-order valence-corrected chi connectivity index (χ3v) is 5.40. The fraction of sp³-hybridized carbons (Fsp3) is 0.417. The molecule has 0 saturated carbocycles. The summed E-state index contributed by atoms with van der Waals surface area (Å²) in [5, 5.41) is 8.99. The van der Waals surface area contributed by atoms with Crippen LogP contribution in [0.25, 0.3) is 11.1 Å². The first-order valence-electron chi connectivity index (χ1n) is 9.99. The van der Waals surface area contributed by atoms with Crippen LogP contribution in [-0.2, 0) is 6.42 Å². The molecule has 3 rings (SSSR count). The third kappa shape index (κ3) is 4.98. The first-order chi connectivity index (χ1) is 13.2. The molecule has 0 aromatic heterocycles. The van der Waals surface area contributed by atoms with Gasteiger partial charge in [0.25, 0.3) is 0 Å². The molecular weight excluding hydrogens is 339 g/mol. The van der Waals surface area contributed by atoms with Gasteiger partial charge in [0, 0.05) is 6.61 Å². The molecule has 0 spiro atoms. The Morgan fingerprint density at radius 3 is 2.48 bits per heavy atom. The van der Waals surface area contributed by atoms with E-state index < -0.39 is 0 Å². The van der Waals surface area contributed by atoms with Crippen molar-refractivity contribution in [2.75, 3.05) is 13.7 Å². The molecule has 27 heavy (non-hydrogen) atoms. The quantitative estimate of drug-likeness (QED) is 0.577. The Hall–Kier alpha value is -2.13. The molecule has 2 aromatic rings. The summed E-state index contributed by atoms with van der Waals surface area (Å²) in [5.41, 5.74) is 6.53. The standard InChI is InChI=1S/C24H29FO2/c1-27-21-14-15-23-19(17-21)7-6-9-22(18-10-12-20(25)13-11-18)24(23)8-4-2-3-5-16-26/h10-15,17,26H,2-9,16H2,1H3. The zero-order valence-corrected chi connectivity index (χ0v) is 16.1. The summed E-state index contributed by atoms with van der Waals surface area (Å²) in [6.07, 6.45) is 8.29. The molecule has 144 valence electrons. The highest BCUT2D eigenvalue weighted by Crippen LogP contribution is 2.39. The fourth-order valence-electron chi connectivity index (χ4n) is 3.99. The topological polar surface area (TPSA) is 29.5 Å². The second-order valence-corrected chi connectivity index (χ2v) is 7.23. The average Bonchev–Trinajstić information content (AvgIpc) is 2.87. The van der Waals surface area contributed by atoms with Gasteiger partial charge < -0.3 is 9.84 Å². The van der Waals surface area contributed by atoms with Gasteiger partial charge >= 0.3 is 0 Å². The number of hydrogen-bond acceptors (Lipinski definition) is 2. The largest absolute Gasteiger partial charge is 0.497 e. The van der Waals surface area contributed by atoms with E-state index in [9.17, 15) is 4.39 Å². The van der Waals surface area contributed by atoms with Crippen molar-refractivity contribution in [3.63, 3.8) is 0 Å². The molecule has 0 aliphatic heterocycles. The van der Waals surface area contributed by atoms with Crippen LogP contribution in [0.1, 0.15) is 61.6 Å². The Morgan fingerprint density at radius 2 is 1.74 bits per heavy atom. The van der Waals surface area contributed by atoms with Gasteiger partial charge in [-0.1, -0.05) is 31.0 Å². The number of hydrogen-bond donors (Lipinski definition) is 1. The van der Waals surface area contributed by atoms with E-state index in [0.29, 0.717) is 0 Å². The van der Waals surface area contributed by atoms with Gasteiger partial charge in [0.15, 0.2) is 0 Å². The van der Waals surface area contributed by atoms with Crippen LogP contribution in [-0.4, -0.2) is 18.8 Å². The predicted molar refractivity (Wildman–Crippen MR) is 109 cm³/mol. The maximum Gasteiger partial charge on any atom is 0.123 e. The van der Waals surface area contributed by atoms with Crippen LogP contribution in [0.2, 0.25) is 0 Å². The molecule has 1 aliphatic carbocycles. The van der Waals surface area contributed by atoms with E-state index in [4.69, 9.17) is 9.84 Å². The van der Waals surface area contributed by atoms with Gasteiger partial charge in [-0.05, 0) is 90.6 Å². The normalized spacial score (nSPS) is 14.0. The van der Waals surface area contributed by atoms with Crippen molar-refractivity contribution in [1.29, 1.82) is 0 Å². The molecular formula is C24H29FO2. The van der Waals surface area contributed by atoms with Gasteiger partial charge in [-0.3, -0.25) is 0 Å². The zero-order chi connectivity index (χ0) is 19.1. The third-order valence-electron chi connectivity index (χ3n) is 5.40. The lowest BCUT2D eigenvalue weighted by Gasteiger charge is -2.17. The fourth-order valence-corrected chi connectivity index (χ4v) is 3.99. The van der Waals surface area contributed by atoms with Crippen LogP contribution < -0.4 is 4.74 Å². The molecule has 0 heterocycles. The van der Waals surface area contributed by atoms with Gasteiger partial charge in [-0.2, -0.15) is 0 Å². The van der Waals surface area contributed by atoms with Crippen molar-refractivity contribution in [2.24, 2.45) is 0 Å². The van der Waals surface area contributed by atoms with Gasteiger partial charge in [0.2, 0.25) is 0 Å². The Balaban J connectivity index is 1.97. The minimum Gasteiger partial charge on any atom is -0.497 e. The second kappa shape index (κ2) is 9.70. The lowest BCUT2D eigenvalue weighted by atomic mass is 9.89. The summed E-state index contributed by atoms with van der Waals surface area (Å²) in [7, 11) is 1.71. The number of methoxy groups -OCH3 is 1. The Labute approximate surface area is 161 Å². The number of aliphatic hydroxyl groups excluding tert-OH is 1. The number of benzene rings is 2. The molecule has 1 N–H and O–H groups in total. The maximum atomic E-state index is 13.4. The number of rotatable bonds is 8. The SMILES string of the molecule is COc1ccc2c(c1)CCCC(c1ccc(F)cc1)=C2CCCCCCO. The monoisotopic (exact) mass is 368 g/mol. The van der Waals surface area contributed by atoms with Crippen molar-refractivity contribution in [3.8, 4) is 5.75 Å². The summed E-state index contributed by atoms with van der Waals surface area (Å²) < 4.78 is 18.8. The molecule has 1 aliphatic rings. The smallest absolute Gasteiger partial charge is 0.123 e. The predicted octanol–water partition coefficient (Wildman–Crippen LogP) is 6.02. The molecule has 2 nitrogen and oxygen atoms in total. The minimum atomic E-state index is -0.191. The average molecular weight is 368 g/mol. The first kappa shape index (κ1) is 19.6. The lowest BCUT2D eigenvalue weighted by Crippen LogP contribution is -1.96. The highest BCUT2D eigenvalue weighted by atomic mass is 19.1. The van der Waals surface area contributed by atoms with Crippen LogP contribution >= 0.6 is 0 Å². The van der Waals surface area contributed by atoms with Crippen LogP contribution in [0.15, 0.2) is 42.5 Å². The molecule has 0 bridgehead atoms. The van der Waals surface area contributed by atoms with E-state index >= 15 is 0 Å². The zero-order valence-electron chi connectivity index (χ0n) is 16.1. The van der Waals surface area contributed by atoms with Crippen LogP contribution in [0.4, 0.5) is 4.39 Å². The summed E-state index contributed by atoms with van der Waals surface area (Å²) in [6, 6.07) is 13.3. The van der Waals surface area contributed by atoms with E-state index in [1.54, 1.807) is 19.2 Å². The summed E-state index contributed by atoms with van der Waals surface area (Å²) in [6.45, 7) is 0.270. The number of fused-ring (bicyclic) bond motifs is 1. The number of ether oxygens (including phenoxy) is 1. The molecule has 2 aromatic carbocycles. The highest BCUT2D eigenvalue weighted by molar-refractivity contribution is 5.92. The van der Waals surface area contributed by atoms with Crippen molar-refractivity contribution in [2.45, 2.75) is 51.4 Å². The van der Waals surface area contributed by atoms with Gasteiger partial charge in [0.1, 0.15) is 11.6 Å². The summed E-state index contributed by atoms with van der Waals surface area (Å²) in [5.74, 6) is 0.713. The molecule has 0 fully saturated rings. The molecule has 0 unspecified atom stereocenters. The van der Waals surface area contributed by atoms with Crippen LogP contribution in [0.5, 0.6) is 5.75 Å². The van der Waals surface area contributed by atoms with E-state index in [0.717, 1.165) is 62.7 Å². The number of allylic oxidation sites excluding steroid dienone is 2. The van der Waals surface area contributed by atoms with Gasteiger partial charge in [-0.15, -0.1) is 0 Å². The van der Waals surface area contributed by atoms with Crippen LogP contribution in [0.3, 0.4) is 0 Å². The lowest BCUT2D eigenvalue weighted by molar-refractivity contribution is 0.282. The molecule has 3 heteroatoms. The maximum absolute atomic E-state index is 13.4. The van der Waals surface area contributed by atoms with Crippen molar-refractivity contribution >= 4 is 11.1 Å². The molecule has 0 atom stereocenters. The van der Waals surface area contributed by atoms with E-state index in [1.807, 2.05) is 18.2 Å². The Kier molecular flexibility index (Phi) is 7.05. The second-order valence-electron chi connectivity index (χ2n) is 7.23. The van der Waals surface area contributed by atoms with Crippen molar-refractivity contribution in [1.82, 2.24) is 0 Å². The summed E-state index contributed by atoms with van der Waals surface area (Å²) >= 11 is 0. The van der Waals surface area contributed by atoms with E-state index in [2.05, 4.69) is 12.1 Å². The molecule has 0 saturated heterocycles.